The highest BCUT2D eigenvalue weighted by molar-refractivity contribution is 5.38. The molecule has 1 heteroatoms. The lowest BCUT2D eigenvalue weighted by molar-refractivity contribution is 0.156. The smallest absolute Gasteiger partial charge is 0.119 e. The third-order valence-electron chi connectivity index (χ3n) is 5.35. The standard InChI is InChI=1S/C16H22O/c1-15(2)10-16(3)9-11(15)8-13(16)12-6-4-5-7-14(12)17/h4-7,11,13,17H,8-10H2,1-3H3/t11-,13+,16-/m0/s1. The second-order valence-electron chi connectivity index (χ2n) is 7.07. The molecule has 1 N–H and O–H groups in total. The number of hydrogen-bond donors (Lipinski definition) is 1. The van der Waals surface area contributed by atoms with Crippen molar-refractivity contribution in [2.24, 2.45) is 16.7 Å². The molecule has 0 unspecified atom stereocenters. The molecule has 0 spiro atoms. The van der Waals surface area contributed by atoms with Crippen LogP contribution in [-0.2, 0) is 0 Å². The Morgan fingerprint density at radius 1 is 1.18 bits per heavy atom. The van der Waals surface area contributed by atoms with Crippen molar-refractivity contribution in [1.82, 2.24) is 0 Å². The summed E-state index contributed by atoms with van der Waals surface area (Å²) in [6, 6.07) is 7.91. The monoisotopic (exact) mass is 230 g/mol. The van der Waals surface area contributed by atoms with E-state index < -0.39 is 0 Å². The van der Waals surface area contributed by atoms with Crippen molar-refractivity contribution in [3.8, 4) is 5.75 Å². The summed E-state index contributed by atoms with van der Waals surface area (Å²) in [5, 5.41) is 10.0. The first-order chi connectivity index (χ1) is 7.92. The first-order valence-electron chi connectivity index (χ1n) is 6.70. The van der Waals surface area contributed by atoms with Crippen molar-refractivity contribution >= 4 is 0 Å². The highest BCUT2D eigenvalue weighted by atomic mass is 16.3. The lowest BCUT2D eigenvalue weighted by Gasteiger charge is -2.39. The fraction of sp³-hybridized carbons (Fsp3) is 0.625. The summed E-state index contributed by atoms with van der Waals surface area (Å²) < 4.78 is 0. The molecule has 0 aliphatic heterocycles. The van der Waals surface area contributed by atoms with E-state index in [1.54, 1.807) is 0 Å². The molecule has 1 nitrogen and oxygen atoms in total. The minimum Gasteiger partial charge on any atom is -0.508 e. The van der Waals surface area contributed by atoms with Gasteiger partial charge >= 0.3 is 0 Å². The van der Waals surface area contributed by atoms with Gasteiger partial charge in [-0.05, 0) is 53.6 Å². The zero-order chi connectivity index (χ0) is 12.3. The summed E-state index contributed by atoms with van der Waals surface area (Å²) in [7, 11) is 0. The van der Waals surface area contributed by atoms with Gasteiger partial charge in [0.2, 0.25) is 0 Å². The Bertz CT molecular complexity index is 449. The number of fused-ring (bicyclic) bond motifs is 2. The Labute approximate surface area is 104 Å². The Morgan fingerprint density at radius 2 is 1.88 bits per heavy atom. The van der Waals surface area contributed by atoms with Crippen LogP contribution in [0.25, 0.3) is 0 Å². The Hall–Kier alpha value is -0.980. The summed E-state index contributed by atoms with van der Waals surface area (Å²) >= 11 is 0. The molecule has 0 heterocycles. The number of hydrogen-bond acceptors (Lipinski definition) is 1. The van der Waals surface area contributed by atoms with E-state index in [2.05, 4.69) is 32.9 Å². The van der Waals surface area contributed by atoms with Gasteiger partial charge in [-0.15, -0.1) is 0 Å². The molecule has 3 rings (SSSR count). The topological polar surface area (TPSA) is 20.2 Å². The molecule has 17 heavy (non-hydrogen) atoms. The molecule has 2 aliphatic rings. The van der Waals surface area contributed by atoms with Crippen molar-refractivity contribution in [1.29, 1.82) is 0 Å². The first kappa shape index (κ1) is 11.1. The van der Waals surface area contributed by atoms with Gasteiger partial charge in [-0.25, -0.2) is 0 Å². The van der Waals surface area contributed by atoms with Crippen LogP contribution in [0.5, 0.6) is 5.75 Å². The summed E-state index contributed by atoms with van der Waals surface area (Å²) in [5.74, 6) is 1.88. The number of para-hydroxylation sites is 1. The highest BCUT2D eigenvalue weighted by Gasteiger charge is 2.57. The van der Waals surface area contributed by atoms with Crippen LogP contribution in [0.4, 0.5) is 0 Å². The van der Waals surface area contributed by atoms with Gasteiger partial charge in [0.05, 0.1) is 0 Å². The zero-order valence-corrected chi connectivity index (χ0v) is 11.0. The maximum atomic E-state index is 10.0. The van der Waals surface area contributed by atoms with E-state index in [9.17, 15) is 5.11 Å². The molecule has 1 aromatic rings. The summed E-state index contributed by atoms with van der Waals surface area (Å²) in [6.45, 7) is 7.23. The van der Waals surface area contributed by atoms with Crippen molar-refractivity contribution in [2.45, 2.75) is 46.0 Å². The average Bonchev–Trinajstić information content (AvgIpc) is 2.66. The van der Waals surface area contributed by atoms with Gasteiger partial charge in [-0.2, -0.15) is 0 Å². The van der Waals surface area contributed by atoms with Crippen LogP contribution >= 0.6 is 0 Å². The van der Waals surface area contributed by atoms with Gasteiger partial charge in [0.15, 0.2) is 0 Å². The molecule has 1 aromatic carbocycles. The summed E-state index contributed by atoms with van der Waals surface area (Å²) in [4.78, 5) is 0. The lowest BCUT2D eigenvalue weighted by atomic mass is 9.65. The molecule has 0 amide bonds. The molecule has 2 bridgehead atoms. The molecule has 92 valence electrons. The van der Waals surface area contributed by atoms with Gasteiger partial charge in [0.1, 0.15) is 5.75 Å². The fourth-order valence-electron chi connectivity index (χ4n) is 4.62. The molecule has 2 fully saturated rings. The van der Waals surface area contributed by atoms with Gasteiger partial charge in [0.25, 0.3) is 0 Å². The maximum Gasteiger partial charge on any atom is 0.119 e. The third-order valence-corrected chi connectivity index (χ3v) is 5.35. The molecule has 2 saturated carbocycles. The van der Waals surface area contributed by atoms with Crippen LogP contribution < -0.4 is 0 Å². The molecule has 2 aliphatic carbocycles. The van der Waals surface area contributed by atoms with E-state index in [1.165, 1.54) is 24.8 Å². The third kappa shape index (κ3) is 1.51. The number of rotatable bonds is 1. The van der Waals surface area contributed by atoms with Crippen LogP contribution in [0, 0.1) is 16.7 Å². The lowest BCUT2D eigenvalue weighted by Crippen LogP contribution is -2.28. The number of phenolic OH excluding ortho intramolecular Hbond substituents is 1. The van der Waals surface area contributed by atoms with E-state index >= 15 is 0 Å². The van der Waals surface area contributed by atoms with Crippen molar-refractivity contribution in [3.63, 3.8) is 0 Å². The van der Waals surface area contributed by atoms with Crippen LogP contribution in [0.15, 0.2) is 24.3 Å². The predicted molar refractivity (Wildman–Crippen MR) is 70.1 cm³/mol. The van der Waals surface area contributed by atoms with Gasteiger partial charge < -0.3 is 5.11 Å². The van der Waals surface area contributed by atoms with Crippen LogP contribution in [0.3, 0.4) is 0 Å². The molecule has 3 atom stereocenters. The van der Waals surface area contributed by atoms with Crippen molar-refractivity contribution < 1.29 is 5.11 Å². The predicted octanol–water partition coefficient (Wildman–Crippen LogP) is 4.32. The minimum atomic E-state index is 0.396. The fourth-order valence-corrected chi connectivity index (χ4v) is 4.62. The Kier molecular flexibility index (Phi) is 2.14. The zero-order valence-electron chi connectivity index (χ0n) is 11.0. The largest absolute Gasteiger partial charge is 0.508 e. The molecule has 0 aromatic heterocycles. The molecule has 0 saturated heterocycles. The average molecular weight is 230 g/mol. The van der Waals surface area contributed by atoms with Gasteiger partial charge in [-0.1, -0.05) is 39.0 Å². The Morgan fingerprint density at radius 3 is 2.41 bits per heavy atom. The van der Waals surface area contributed by atoms with E-state index in [1.807, 2.05) is 12.1 Å². The second-order valence-corrected chi connectivity index (χ2v) is 7.07. The molecule has 0 radical (unpaired) electrons. The van der Waals surface area contributed by atoms with Gasteiger partial charge in [-0.3, -0.25) is 0 Å². The van der Waals surface area contributed by atoms with Crippen molar-refractivity contribution in [2.75, 3.05) is 0 Å². The Balaban J connectivity index is 1.97. The molecular weight excluding hydrogens is 208 g/mol. The SMILES string of the molecule is CC1(C)C[C@]2(C)C[C@@H]1C[C@@H]2c1ccccc1O. The van der Waals surface area contributed by atoms with Crippen LogP contribution in [-0.4, -0.2) is 5.11 Å². The van der Waals surface area contributed by atoms with Gasteiger partial charge in [0, 0.05) is 0 Å². The number of phenols is 1. The maximum absolute atomic E-state index is 10.0. The van der Waals surface area contributed by atoms with E-state index in [0.717, 1.165) is 5.92 Å². The quantitative estimate of drug-likeness (QED) is 0.761. The van der Waals surface area contributed by atoms with Crippen LogP contribution in [0.2, 0.25) is 0 Å². The minimum absolute atomic E-state index is 0.396. The number of aromatic hydroxyl groups is 1. The van der Waals surface area contributed by atoms with Crippen molar-refractivity contribution in [3.05, 3.63) is 29.8 Å². The first-order valence-corrected chi connectivity index (χ1v) is 6.70. The highest BCUT2D eigenvalue weighted by Crippen LogP contribution is 2.68. The summed E-state index contributed by atoms with van der Waals surface area (Å²) in [5.41, 5.74) is 2.07. The van der Waals surface area contributed by atoms with E-state index in [4.69, 9.17) is 0 Å². The second kappa shape index (κ2) is 3.28. The van der Waals surface area contributed by atoms with E-state index in [-0.39, 0.29) is 0 Å². The molecular formula is C16H22O. The van der Waals surface area contributed by atoms with E-state index in [0.29, 0.717) is 22.5 Å². The normalized spacial score (nSPS) is 38.5. The number of benzene rings is 1. The summed E-state index contributed by atoms with van der Waals surface area (Å²) in [6.07, 6.45) is 3.88. The van der Waals surface area contributed by atoms with Crippen LogP contribution in [0.1, 0.15) is 51.5 Å².